The first-order chi connectivity index (χ1) is 6.72. The second-order valence-electron chi connectivity index (χ2n) is 2.79. The lowest BCUT2D eigenvalue weighted by Gasteiger charge is -1.98. The summed E-state index contributed by atoms with van der Waals surface area (Å²) in [4.78, 5) is 0. The van der Waals surface area contributed by atoms with Crippen LogP contribution in [0.1, 0.15) is 0 Å². The van der Waals surface area contributed by atoms with Gasteiger partial charge < -0.3 is 0 Å². The third-order valence-electron chi connectivity index (χ3n) is 1.90. The Labute approximate surface area is 84.3 Å². The van der Waals surface area contributed by atoms with Crippen LogP contribution in [0.5, 0.6) is 0 Å². The Morgan fingerprint density at radius 2 is 2.36 bits per heavy atom. The van der Waals surface area contributed by atoms with E-state index in [4.69, 9.17) is 16.9 Å². The topological polar surface area (TPSA) is 41.6 Å². The lowest BCUT2D eigenvalue weighted by Crippen LogP contribution is -1.96. The average Bonchev–Trinajstić information content (AvgIpc) is 2.51. The van der Waals surface area contributed by atoms with Gasteiger partial charge in [0, 0.05) is 5.39 Å². The molecule has 0 saturated carbocycles. The molecule has 2 aromatic rings. The van der Waals surface area contributed by atoms with Gasteiger partial charge in [-0.15, -0.1) is 0 Å². The van der Waals surface area contributed by atoms with E-state index in [1.165, 1.54) is 23.0 Å². The van der Waals surface area contributed by atoms with E-state index in [1.54, 1.807) is 0 Å². The maximum absolute atomic E-state index is 13.0. The van der Waals surface area contributed by atoms with Crippen molar-refractivity contribution in [2.45, 2.75) is 6.54 Å². The summed E-state index contributed by atoms with van der Waals surface area (Å²) in [7, 11) is 0. The van der Waals surface area contributed by atoms with Gasteiger partial charge in [0.2, 0.25) is 0 Å². The van der Waals surface area contributed by atoms with Gasteiger partial charge in [-0.25, -0.2) is 4.39 Å². The van der Waals surface area contributed by atoms with Crippen LogP contribution < -0.4 is 0 Å². The molecule has 0 N–H and O–H groups in total. The van der Waals surface area contributed by atoms with Gasteiger partial charge in [-0.2, -0.15) is 10.4 Å². The van der Waals surface area contributed by atoms with Crippen molar-refractivity contribution in [2.24, 2.45) is 0 Å². The molecule has 0 aliphatic heterocycles. The Kier molecular flexibility index (Phi) is 2.10. The number of hydrogen-bond donors (Lipinski definition) is 0. The van der Waals surface area contributed by atoms with E-state index < -0.39 is 5.82 Å². The van der Waals surface area contributed by atoms with Crippen LogP contribution >= 0.6 is 11.6 Å². The molecule has 2 rings (SSSR count). The number of benzene rings is 1. The number of fused-ring (bicyclic) bond motifs is 1. The van der Waals surface area contributed by atoms with Crippen LogP contribution in [0.2, 0.25) is 5.02 Å². The molecule has 70 valence electrons. The van der Waals surface area contributed by atoms with Crippen molar-refractivity contribution in [3.63, 3.8) is 0 Å². The van der Waals surface area contributed by atoms with Crippen LogP contribution in [0.3, 0.4) is 0 Å². The number of nitrogens with zero attached hydrogens (tertiary/aromatic N) is 3. The zero-order chi connectivity index (χ0) is 10.1. The summed E-state index contributed by atoms with van der Waals surface area (Å²) in [6, 6.07) is 4.73. The zero-order valence-electron chi connectivity index (χ0n) is 7.04. The Hall–Kier alpha value is -1.60. The number of nitriles is 1. The maximum Gasteiger partial charge on any atom is 0.142 e. The predicted molar refractivity (Wildman–Crippen MR) is 50.3 cm³/mol. The number of rotatable bonds is 1. The standard InChI is InChI=1S/C9H5ClFN3/c10-7-4-9-6(3-8(7)11)5-13-14(9)2-1-12/h3-5H,2H2. The fraction of sp³-hybridized carbons (Fsp3) is 0.111. The van der Waals surface area contributed by atoms with Gasteiger partial charge in [0.05, 0.1) is 22.8 Å². The van der Waals surface area contributed by atoms with Gasteiger partial charge in [-0.05, 0) is 12.1 Å². The molecule has 0 amide bonds. The molecule has 0 radical (unpaired) electrons. The maximum atomic E-state index is 13.0. The Balaban J connectivity index is 2.69. The fourth-order valence-corrected chi connectivity index (χ4v) is 1.42. The summed E-state index contributed by atoms with van der Waals surface area (Å²) in [5.41, 5.74) is 0.665. The SMILES string of the molecule is N#CCn1ncc2cc(F)c(Cl)cc21. The first kappa shape index (κ1) is 8.97. The van der Waals surface area contributed by atoms with Gasteiger partial charge >= 0.3 is 0 Å². The molecule has 1 aromatic heterocycles. The summed E-state index contributed by atoms with van der Waals surface area (Å²) in [6.07, 6.45) is 1.51. The molecule has 0 fully saturated rings. The molecule has 1 heterocycles. The number of halogens is 2. The van der Waals surface area contributed by atoms with E-state index in [0.29, 0.717) is 10.9 Å². The fourth-order valence-electron chi connectivity index (χ4n) is 1.27. The second kappa shape index (κ2) is 3.28. The summed E-state index contributed by atoms with van der Waals surface area (Å²) in [6.45, 7) is 0.130. The molecular formula is C9H5ClFN3. The largest absolute Gasteiger partial charge is 0.251 e. The summed E-state index contributed by atoms with van der Waals surface area (Å²) in [5.74, 6) is -0.476. The van der Waals surface area contributed by atoms with Gasteiger partial charge in [0.25, 0.3) is 0 Å². The van der Waals surface area contributed by atoms with Crippen molar-refractivity contribution in [1.29, 1.82) is 5.26 Å². The second-order valence-corrected chi connectivity index (χ2v) is 3.19. The average molecular weight is 210 g/mol. The monoisotopic (exact) mass is 209 g/mol. The summed E-state index contributed by atoms with van der Waals surface area (Å²) >= 11 is 5.62. The minimum Gasteiger partial charge on any atom is -0.251 e. The van der Waals surface area contributed by atoms with Crippen molar-refractivity contribution in [3.8, 4) is 6.07 Å². The molecule has 0 aliphatic rings. The molecule has 3 nitrogen and oxygen atoms in total. The number of hydrogen-bond acceptors (Lipinski definition) is 2. The molecule has 5 heteroatoms. The van der Waals surface area contributed by atoms with Gasteiger partial charge in [-0.3, -0.25) is 4.68 Å². The van der Waals surface area contributed by atoms with E-state index in [2.05, 4.69) is 5.10 Å². The molecule has 0 saturated heterocycles. The van der Waals surface area contributed by atoms with Crippen LogP contribution in [0.25, 0.3) is 10.9 Å². The normalized spacial score (nSPS) is 10.4. The highest BCUT2D eigenvalue weighted by Gasteiger charge is 2.06. The van der Waals surface area contributed by atoms with E-state index in [0.717, 1.165) is 0 Å². The molecule has 0 bridgehead atoms. The minimum absolute atomic E-state index is 0.0391. The molecule has 0 atom stereocenters. The molecule has 1 aromatic carbocycles. The van der Waals surface area contributed by atoms with E-state index in [9.17, 15) is 4.39 Å². The predicted octanol–water partition coefficient (Wildman–Crippen LogP) is 2.35. The van der Waals surface area contributed by atoms with Crippen molar-refractivity contribution in [2.75, 3.05) is 0 Å². The molecule has 14 heavy (non-hydrogen) atoms. The van der Waals surface area contributed by atoms with Crippen LogP contribution in [0.15, 0.2) is 18.3 Å². The van der Waals surface area contributed by atoms with Crippen LogP contribution in [0, 0.1) is 17.1 Å². The van der Waals surface area contributed by atoms with Crippen molar-refractivity contribution < 1.29 is 4.39 Å². The lowest BCUT2D eigenvalue weighted by atomic mass is 10.2. The van der Waals surface area contributed by atoms with E-state index in [1.807, 2.05) is 6.07 Å². The Bertz CT molecular complexity index is 527. The Morgan fingerprint density at radius 1 is 1.57 bits per heavy atom. The first-order valence-corrected chi connectivity index (χ1v) is 4.27. The van der Waals surface area contributed by atoms with Crippen molar-refractivity contribution >= 4 is 22.5 Å². The lowest BCUT2D eigenvalue weighted by molar-refractivity contribution is 0.630. The minimum atomic E-state index is -0.476. The highest BCUT2D eigenvalue weighted by molar-refractivity contribution is 6.31. The quantitative estimate of drug-likeness (QED) is 0.724. The third kappa shape index (κ3) is 1.32. The first-order valence-electron chi connectivity index (χ1n) is 3.90. The molecule has 0 spiro atoms. The van der Waals surface area contributed by atoms with Gasteiger partial charge in [0.1, 0.15) is 12.4 Å². The third-order valence-corrected chi connectivity index (χ3v) is 2.19. The molecule has 0 unspecified atom stereocenters. The smallest absolute Gasteiger partial charge is 0.142 e. The van der Waals surface area contributed by atoms with Crippen LogP contribution in [-0.2, 0) is 6.54 Å². The Morgan fingerprint density at radius 3 is 3.07 bits per heavy atom. The highest BCUT2D eigenvalue weighted by Crippen LogP contribution is 2.22. The van der Waals surface area contributed by atoms with Crippen molar-refractivity contribution in [1.82, 2.24) is 9.78 Å². The highest BCUT2D eigenvalue weighted by atomic mass is 35.5. The van der Waals surface area contributed by atoms with Gasteiger partial charge in [-0.1, -0.05) is 11.6 Å². The zero-order valence-corrected chi connectivity index (χ0v) is 7.79. The summed E-state index contributed by atoms with van der Waals surface area (Å²) in [5, 5.41) is 13.1. The number of aromatic nitrogens is 2. The van der Waals surface area contributed by atoms with E-state index in [-0.39, 0.29) is 11.6 Å². The van der Waals surface area contributed by atoms with Crippen LogP contribution in [0.4, 0.5) is 4.39 Å². The van der Waals surface area contributed by atoms with E-state index >= 15 is 0 Å². The molecule has 0 aliphatic carbocycles. The molecular weight excluding hydrogens is 205 g/mol. The van der Waals surface area contributed by atoms with Crippen LogP contribution in [-0.4, -0.2) is 9.78 Å². The van der Waals surface area contributed by atoms with Crippen molar-refractivity contribution in [3.05, 3.63) is 29.2 Å². The van der Waals surface area contributed by atoms with Gasteiger partial charge in [0.15, 0.2) is 0 Å². The summed E-state index contributed by atoms with van der Waals surface area (Å²) < 4.78 is 14.5.